The van der Waals surface area contributed by atoms with E-state index in [1.807, 2.05) is 13.0 Å². The molecule has 1 aromatic rings. The number of urea groups is 1. The van der Waals surface area contributed by atoms with Crippen LogP contribution >= 0.6 is 11.3 Å². The van der Waals surface area contributed by atoms with Gasteiger partial charge >= 0.3 is 12.0 Å². The summed E-state index contributed by atoms with van der Waals surface area (Å²) in [5.74, 6) is -1.19. The topological polar surface area (TPSA) is 84.5 Å². The molecule has 1 aromatic heterocycles. The average molecular weight is 340 g/mol. The number of nitrogens with one attached hydrogen (secondary N) is 2. The predicted octanol–water partition coefficient (Wildman–Crippen LogP) is 2.65. The monoisotopic (exact) mass is 340 g/mol. The first kappa shape index (κ1) is 19.2. The van der Waals surface area contributed by atoms with Crippen LogP contribution in [0.1, 0.15) is 54.2 Å². The van der Waals surface area contributed by atoms with Gasteiger partial charge in [-0.3, -0.25) is 10.1 Å². The first-order valence-electron chi connectivity index (χ1n) is 7.76. The third kappa shape index (κ3) is 6.40. The van der Waals surface area contributed by atoms with Crippen LogP contribution in [-0.2, 0) is 22.4 Å². The largest absolute Gasteiger partial charge is 0.451 e. The van der Waals surface area contributed by atoms with Crippen molar-refractivity contribution in [3.8, 4) is 0 Å². The van der Waals surface area contributed by atoms with E-state index in [2.05, 4.69) is 17.6 Å². The summed E-state index contributed by atoms with van der Waals surface area (Å²) in [7, 11) is 0. The highest BCUT2D eigenvalue weighted by Crippen LogP contribution is 2.25. The van der Waals surface area contributed by atoms with E-state index in [9.17, 15) is 14.4 Å². The van der Waals surface area contributed by atoms with Gasteiger partial charge in [0.05, 0.1) is 0 Å². The van der Waals surface area contributed by atoms with Crippen molar-refractivity contribution in [1.82, 2.24) is 10.6 Å². The Hall–Kier alpha value is -1.89. The highest BCUT2D eigenvalue weighted by Gasteiger charge is 2.17. The molecule has 0 saturated heterocycles. The van der Waals surface area contributed by atoms with Gasteiger partial charge in [-0.1, -0.05) is 20.3 Å². The lowest BCUT2D eigenvalue weighted by Gasteiger charge is -2.09. The predicted molar refractivity (Wildman–Crippen MR) is 89.8 cm³/mol. The molecule has 0 aliphatic carbocycles. The van der Waals surface area contributed by atoms with Crippen LogP contribution in [0.15, 0.2) is 6.07 Å². The second-order valence-corrected chi connectivity index (χ2v) is 6.55. The Morgan fingerprint density at radius 3 is 2.52 bits per heavy atom. The Balaban J connectivity index is 2.53. The molecule has 7 heteroatoms. The summed E-state index contributed by atoms with van der Waals surface area (Å²) < 4.78 is 4.97. The van der Waals surface area contributed by atoms with E-state index in [0.29, 0.717) is 4.88 Å². The van der Waals surface area contributed by atoms with Crippen molar-refractivity contribution in [2.45, 2.75) is 53.0 Å². The maximum Gasteiger partial charge on any atom is 0.348 e. The van der Waals surface area contributed by atoms with Gasteiger partial charge in [0.15, 0.2) is 6.61 Å². The van der Waals surface area contributed by atoms with Crippen LogP contribution < -0.4 is 10.6 Å². The van der Waals surface area contributed by atoms with Crippen molar-refractivity contribution < 1.29 is 19.1 Å². The molecule has 1 heterocycles. The molecular weight excluding hydrogens is 316 g/mol. The van der Waals surface area contributed by atoms with Crippen LogP contribution in [0.5, 0.6) is 0 Å². The van der Waals surface area contributed by atoms with Crippen LogP contribution in [0, 0.1) is 0 Å². The fraction of sp³-hybridized carbons (Fsp3) is 0.562. The number of esters is 1. The molecule has 0 aliphatic rings. The minimum absolute atomic E-state index is 0.0825. The third-order valence-electron chi connectivity index (χ3n) is 2.96. The first-order chi connectivity index (χ1) is 10.9. The average Bonchev–Trinajstić information content (AvgIpc) is 2.87. The maximum absolute atomic E-state index is 12.0. The molecule has 0 radical (unpaired) electrons. The first-order valence-corrected chi connectivity index (χ1v) is 8.58. The highest BCUT2D eigenvalue weighted by molar-refractivity contribution is 7.14. The van der Waals surface area contributed by atoms with Crippen molar-refractivity contribution >= 4 is 29.2 Å². The van der Waals surface area contributed by atoms with Gasteiger partial charge in [0.1, 0.15) is 4.88 Å². The van der Waals surface area contributed by atoms with E-state index in [1.165, 1.54) is 16.2 Å². The van der Waals surface area contributed by atoms with Gasteiger partial charge in [0.25, 0.3) is 5.91 Å². The Morgan fingerprint density at radius 2 is 1.96 bits per heavy atom. The molecule has 0 fully saturated rings. The van der Waals surface area contributed by atoms with Crippen molar-refractivity contribution in [3.63, 3.8) is 0 Å². The van der Waals surface area contributed by atoms with Gasteiger partial charge in [0.2, 0.25) is 0 Å². The zero-order chi connectivity index (χ0) is 17.4. The second-order valence-electron chi connectivity index (χ2n) is 5.42. The van der Waals surface area contributed by atoms with Gasteiger partial charge < -0.3 is 10.1 Å². The lowest BCUT2D eigenvalue weighted by Crippen LogP contribution is -2.44. The number of amides is 3. The Bertz CT molecular complexity index is 566. The van der Waals surface area contributed by atoms with E-state index in [-0.39, 0.29) is 6.04 Å². The summed E-state index contributed by atoms with van der Waals surface area (Å²) in [6, 6.07) is 1.14. The van der Waals surface area contributed by atoms with E-state index in [1.54, 1.807) is 13.8 Å². The Morgan fingerprint density at radius 1 is 1.26 bits per heavy atom. The highest BCUT2D eigenvalue weighted by atomic mass is 32.1. The van der Waals surface area contributed by atoms with Crippen molar-refractivity contribution in [1.29, 1.82) is 0 Å². The van der Waals surface area contributed by atoms with Crippen molar-refractivity contribution in [3.05, 3.63) is 21.4 Å². The summed E-state index contributed by atoms with van der Waals surface area (Å²) in [6.07, 6.45) is 2.79. The van der Waals surface area contributed by atoms with Gasteiger partial charge in [0, 0.05) is 10.9 Å². The molecule has 0 spiro atoms. The molecule has 0 aromatic carbocycles. The lowest BCUT2D eigenvalue weighted by molar-refractivity contribution is -0.123. The quantitative estimate of drug-likeness (QED) is 0.747. The molecule has 6 nitrogen and oxygen atoms in total. The minimum atomic E-state index is -0.655. The van der Waals surface area contributed by atoms with Gasteiger partial charge in [-0.05, 0) is 38.3 Å². The van der Waals surface area contributed by atoms with E-state index in [4.69, 9.17) is 4.74 Å². The van der Waals surface area contributed by atoms with Crippen molar-refractivity contribution in [2.24, 2.45) is 0 Å². The summed E-state index contributed by atoms with van der Waals surface area (Å²) >= 11 is 1.41. The fourth-order valence-corrected chi connectivity index (χ4v) is 3.22. The van der Waals surface area contributed by atoms with E-state index in [0.717, 1.165) is 24.8 Å². The number of carbonyl (C=O) groups is 3. The summed E-state index contributed by atoms with van der Waals surface area (Å²) in [4.78, 5) is 36.6. The van der Waals surface area contributed by atoms with E-state index >= 15 is 0 Å². The fourth-order valence-electron chi connectivity index (χ4n) is 1.97. The number of ether oxygens (including phenoxy) is 1. The van der Waals surface area contributed by atoms with Crippen LogP contribution in [0.25, 0.3) is 0 Å². The number of aryl methyl sites for hydroxylation is 2. The maximum atomic E-state index is 12.0. The molecule has 0 atom stereocenters. The van der Waals surface area contributed by atoms with Crippen LogP contribution in [0.2, 0.25) is 0 Å². The summed E-state index contributed by atoms with van der Waals surface area (Å²) in [5, 5.41) is 4.62. The number of hydrogen-bond acceptors (Lipinski definition) is 5. The molecule has 0 bridgehead atoms. The zero-order valence-electron chi connectivity index (χ0n) is 14.0. The second kappa shape index (κ2) is 9.29. The molecule has 128 valence electrons. The van der Waals surface area contributed by atoms with Gasteiger partial charge in [-0.25, -0.2) is 9.59 Å². The number of hydrogen-bond donors (Lipinski definition) is 2. The smallest absolute Gasteiger partial charge is 0.348 e. The van der Waals surface area contributed by atoms with Crippen LogP contribution in [0.3, 0.4) is 0 Å². The number of imide groups is 1. The molecule has 0 aliphatic heterocycles. The van der Waals surface area contributed by atoms with E-state index < -0.39 is 24.5 Å². The van der Waals surface area contributed by atoms with Crippen LogP contribution in [0.4, 0.5) is 4.79 Å². The SMILES string of the molecule is CCCc1sc(C(=O)OCC(=O)NC(=O)NC(C)C)cc1CC. The molecule has 0 unspecified atom stereocenters. The number of rotatable bonds is 7. The molecule has 3 amide bonds. The van der Waals surface area contributed by atoms with Gasteiger partial charge in [-0.15, -0.1) is 11.3 Å². The summed E-state index contributed by atoms with van der Waals surface area (Å²) in [5.41, 5.74) is 1.14. The van der Waals surface area contributed by atoms with Crippen molar-refractivity contribution in [2.75, 3.05) is 6.61 Å². The standard InChI is InChI=1S/C16H24N2O4S/c1-5-7-12-11(6-2)8-13(23-12)15(20)22-9-14(19)18-16(21)17-10(3)4/h8,10H,5-7,9H2,1-4H3,(H2,17,18,19,21). The third-order valence-corrected chi connectivity index (χ3v) is 4.18. The summed E-state index contributed by atoms with van der Waals surface area (Å²) in [6.45, 7) is 7.20. The molecule has 0 saturated carbocycles. The minimum Gasteiger partial charge on any atom is -0.451 e. The molecule has 2 N–H and O–H groups in total. The lowest BCUT2D eigenvalue weighted by atomic mass is 10.1. The van der Waals surface area contributed by atoms with Gasteiger partial charge in [-0.2, -0.15) is 0 Å². The normalized spacial score (nSPS) is 10.5. The molecule has 23 heavy (non-hydrogen) atoms. The Labute approximate surface area is 140 Å². The number of carbonyl (C=O) groups excluding carboxylic acids is 3. The molecule has 1 rings (SSSR count). The molecular formula is C16H24N2O4S. The Kier molecular flexibility index (Phi) is 7.74. The zero-order valence-corrected chi connectivity index (χ0v) is 14.8. The van der Waals surface area contributed by atoms with Crippen LogP contribution in [-0.4, -0.2) is 30.6 Å². The number of thiophene rings is 1.